The number of fused-ring (bicyclic) bond motifs is 1. The molecule has 3 aromatic rings. The summed E-state index contributed by atoms with van der Waals surface area (Å²) >= 11 is 1.07. The number of methoxy groups -OCH3 is 2. The van der Waals surface area contributed by atoms with E-state index in [0.717, 1.165) is 47.7 Å². The van der Waals surface area contributed by atoms with E-state index in [0.29, 0.717) is 0 Å². The molecule has 0 radical (unpaired) electrons. The Bertz CT molecular complexity index is 1420. The second-order valence-corrected chi connectivity index (χ2v) is 9.10. The third kappa shape index (κ3) is 4.36. The van der Waals surface area contributed by atoms with E-state index in [4.69, 9.17) is 9.47 Å². The second kappa shape index (κ2) is 9.61. The quantitative estimate of drug-likeness (QED) is 0.324. The number of esters is 1. The first-order valence-corrected chi connectivity index (χ1v) is 11.6. The predicted octanol–water partition coefficient (Wildman–Crippen LogP) is 5.54. The summed E-state index contributed by atoms with van der Waals surface area (Å²) in [6.45, 7) is 1.47. The Hall–Kier alpha value is -3.34. The number of halogens is 5. The average molecular weight is 525 g/mol. The smallest absolute Gasteiger partial charge is 0.416 e. The van der Waals surface area contributed by atoms with Crippen molar-refractivity contribution in [3.05, 3.63) is 80.6 Å². The number of thioether (sulfide) groups is 1. The highest BCUT2D eigenvalue weighted by atomic mass is 32.2. The van der Waals surface area contributed by atoms with Crippen LogP contribution in [-0.4, -0.2) is 30.5 Å². The highest BCUT2D eigenvalue weighted by Gasteiger charge is 2.38. The normalized spacial score (nSPS) is 15.1. The molecule has 36 heavy (non-hydrogen) atoms. The van der Waals surface area contributed by atoms with Crippen molar-refractivity contribution < 1.29 is 36.2 Å². The highest BCUT2D eigenvalue weighted by molar-refractivity contribution is 7.99. The fourth-order valence-electron chi connectivity index (χ4n) is 4.34. The molecule has 1 aromatic heterocycles. The summed E-state index contributed by atoms with van der Waals surface area (Å²) in [5.41, 5.74) is -2.37. The van der Waals surface area contributed by atoms with Crippen LogP contribution in [0.15, 0.2) is 46.2 Å². The van der Waals surface area contributed by atoms with Gasteiger partial charge in [-0.3, -0.25) is 9.36 Å². The van der Waals surface area contributed by atoms with Crippen LogP contribution in [-0.2, 0) is 22.1 Å². The molecule has 0 amide bonds. The summed E-state index contributed by atoms with van der Waals surface area (Å²) in [6.07, 6.45) is -5.36. The van der Waals surface area contributed by atoms with Crippen LogP contribution in [0.4, 0.5) is 22.0 Å². The molecular weight excluding hydrogens is 505 g/mol. The molecule has 1 aliphatic rings. The largest absolute Gasteiger partial charge is 0.497 e. The summed E-state index contributed by atoms with van der Waals surface area (Å²) in [6, 6.07) is 5.39. The minimum atomic E-state index is -4.83. The van der Waals surface area contributed by atoms with Crippen molar-refractivity contribution >= 4 is 17.7 Å². The van der Waals surface area contributed by atoms with E-state index in [1.807, 2.05) is 0 Å². The first kappa shape index (κ1) is 25.7. The number of hydrogen-bond donors (Lipinski definition) is 0. The van der Waals surface area contributed by atoms with E-state index in [2.05, 4.69) is 0 Å². The van der Waals surface area contributed by atoms with Gasteiger partial charge in [0, 0.05) is 29.4 Å². The lowest BCUT2D eigenvalue weighted by molar-refractivity contribution is -0.144. The van der Waals surface area contributed by atoms with Crippen molar-refractivity contribution in [1.29, 1.82) is 0 Å². The SMILES string of the molecule is COC(=O)C1CSc2c(Cc3c(F)cccc3C(F)(F)F)c(C)c(-c3ccc(OC)cc3F)c(=O)n21. The summed E-state index contributed by atoms with van der Waals surface area (Å²) in [5.74, 6) is -2.34. The van der Waals surface area contributed by atoms with E-state index in [1.165, 1.54) is 26.2 Å². The first-order valence-electron chi connectivity index (χ1n) is 10.7. The van der Waals surface area contributed by atoms with Gasteiger partial charge in [-0.1, -0.05) is 6.07 Å². The van der Waals surface area contributed by atoms with Gasteiger partial charge in [0.05, 0.1) is 30.4 Å². The van der Waals surface area contributed by atoms with Crippen LogP contribution in [0.25, 0.3) is 11.1 Å². The topological polar surface area (TPSA) is 57.5 Å². The number of pyridine rings is 1. The molecule has 0 aliphatic carbocycles. The fourth-order valence-corrected chi connectivity index (χ4v) is 5.69. The third-order valence-corrected chi connectivity index (χ3v) is 7.32. The van der Waals surface area contributed by atoms with Crippen molar-refractivity contribution in [2.24, 2.45) is 0 Å². The molecule has 1 unspecified atom stereocenters. The van der Waals surface area contributed by atoms with Gasteiger partial charge in [0.2, 0.25) is 0 Å². The number of nitrogens with zero attached hydrogens (tertiary/aromatic N) is 1. The van der Waals surface area contributed by atoms with E-state index in [9.17, 15) is 27.2 Å². The fraction of sp³-hybridized carbons (Fsp3) is 0.280. The molecule has 1 atom stereocenters. The number of alkyl halides is 3. The molecule has 4 rings (SSSR count). The number of carbonyl (C=O) groups is 1. The lowest BCUT2D eigenvalue weighted by atomic mass is 9.92. The number of hydrogen-bond acceptors (Lipinski definition) is 5. The van der Waals surface area contributed by atoms with Gasteiger partial charge in [-0.25, -0.2) is 13.6 Å². The molecule has 0 N–H and O–H groups in total. The number of rotatable bonds is 5. The lowest BCUT2D eigenvalue weighted by Gasteiger charge is -2.21. The molecular formula is C25H20F5NO4S. The number of aromatic nitrogens is 1. The third-order valence-electron chi connectivity index (χ3n) is 6.12. The standard InChI is InChI=1S/C25H20F5NO4S/c1-12-15(10-16-17(25(28,29)30)5-4-6-18(16)26)23-31(20(11-36-23)24(33)35-3)22(32)21(12)14-8-7-13(34-2)9-19(14)27/h4-9,20H,10-11H2,1-3H3. The zero-order valence-electron chi connectivity index (χ0n) is 19.3. The monoisotopic (exact) mass is 525 g/mol. The van der Waals surface area contributed by atoms with E-state index >= 15 is 4.39 Å². The van der Waals surface area contributed by atoms with Crippen molar-refractivity contribution in [2.75, 3.05) is 20.0 Å². The maximum Gasteiger partial charge on any atom is 0.416 e. The van der Waals surface area contributed by atoms with Crippen molar-refractivity contribution in [3.63, 3.8) is 0 Å². The lowest BCUT2D eigenvalue weighted by Crippen LogP contribution is -2.32. The van der Waals surface area contributed by atoms with Gasteiger partial charge < -0.3 is 9.47 Å². The minimum Gasteiger partial charge on any atom is -0.497 e. The maximum absolute atomic E-state index is 15.1. The molecule has 0 spiro atoms. The van der Waals surface area contributed by atoms with Crippen LogP contribution in [0.5, 0.6) is 5.75 Å². The Morgan fingerprint density at radius 1 is 1.11 bits per heavy atom. The van der Waals surface area contributed by atoms with Crippen LogP contribution in [0.1, 0.15) is 28.3 Å². The van der Waals surface area contributed by atoms with Crippen molar-refractivity contribution in [3.8, 4) is 16.9 Å². The molecule has 0 fully saturated rings. The summed E-state index contributed by atoms with van der Waals surface area (Å²) in [5, 5.41) is 0.210. The Balaban J connectivity index is 2.03. The second-order valence-electron chi connectivity index (χ2n) is 8.10. The number of carbonyl (C=O) groups excluding carboxylic acids is 1. The molecule has 1 aliphatic heterocycles. The van der Waals surface area contributed by atoms with Gasteiger partial charge in [-0.15, -0.1) is 11.8 Å². The van der Waals surface area contributed by atoms with E-state index in [1.54, 1.807) is 0 Å². The van der Waals surface area contributed by atoms with Crippen molar-refractivity contribution in [1.82, 2.24) is 4.57 Å². The zero-order chi connectivity index (χ0) is 26.4. The van der Waals surface area contributed by atoms with Gasteiger partial charge in [0.1, 0.15) is 23.4 Å². The number of ether oxygens (including phenoxy) is 2. The molecule has 2 aromatic carbocycles. The molecule has 0 bridgehead atoms. The molecule has 190 valence electrons. The Morgan fingerprint density at radius 3 is 2.44 bits per heavy atom. The van der Waals surface area contributed by atoms with Crippen LogP contribution in [0, 0.1) is 18.6 Å². The number of benzene rings is 2. The summed E-state index contributed by atoms with van der Waals surface area (Å²) in [7, 11) is 2.48. The van der Waals surface area contributed by atoms with Gasteiger partial charge in [0.25, 0.3) is 5.56 Å². The zero-order valence-corrected chi connectivity index (χ0v) is 20.2. The maximum atomic E-state index is 15.1. The van der Waals surface area contributed by atoms with E-state index < -0.39 is 52.9 Å². The summed E-state index contributed by atoms with van der Waals surface area (Å²) < 4.78 is 81.8. The Labute approximate surface area is 206 Å². The van der Waals surface area contributed by atoms with Gasteiger partial charge in [-0.05, 0) is 42.3 Å². The van der Waals surface area contributed by atoms with Crippen molar-refractivity contribution in [2.45, 2.75) is 30.6 Å². The predicted molar refractivity (Wildman–Crippen MR) is 123 cm³/mol. The van der Waals surface area contributed by atoms with Gasteiger partial charge in [0.15, 0.2) is 0 Å². The van der Waals surface area contributed by atoms with Crippen LogP contribution in [0.3, 0.4) is 0 Å². The molecule has 11 heteroatoms. The average Bonchev–Trinajstić information content (AvgIpc) is 3.27. The van der Waals surface area contributed by atoms with Crippen LogP contribution < -0.4 is 10.3 Å². The molecule has 0 saturated carbocycles. The summed E-state index contributed by atoms with van der Waals surface area (Å²) in [4.78, 5) is 26.0. The van der Waals surface area contributed by atoms with Crippen LogP contribution in [0.2, 0.25) is 0 Å². The molecule has 0 saturated heterocycles. The first-order chi connectivity index (χ1) is 17.0. The Morgan fingerprint density at radius 2 is 1.83 bits per heavy atom. The van der Waals surface area contributed by atoms with Gasteiger partial charge in [-0.2, -0.15) is 13.2 Å². The molecule has 2 heterocycles. The van der Waals surface area contributed by atoms with E-state index in [-0.39, 0.29) is 38.8 Å². The minimum absolute atomic E-state index is 0.0757. The Kier molecular flexibility index (Phi) is 6.87. The van der Waals surface area contributed by atoms with Gasteiger partial charge >= 0.3 is 12.1 Å². The highest BCUT2D eigenvalue weighted by Crippen LogP contribution is 2.42. The molecule has 5 nitrogen and oxygen atoms in total. The van der Waals surface area contributed by atoms with Crippen LogP contribution >= 0.6 is 11.8 Å².